The smallest absolute Gasteiger partial charge is 0.271 e. The zero-order valence-corrected chi connectivity index (χ0v) is 13.2. The number of methoxy groups -OCH3 is 3. The van der Waals surface area contributed by atoms with E-state index in [1.807, 2.05) is 0 Å². The number of sulfonamides is 1. The molecule has 0 saturated carbocycles. The van der Waals surface area contributed by atoms with Crippen molar-refractivity contribution >= 4 is 26.5 Å². The quantitative estimate of drug-likeness (QED) is 0.871. The Hall–Kier alpha value is -2.00. The Labute approximate surface area is 126 Å². The number of rotatable bonds is 6. The zero-order chi connectivity index (χ0) is 15.5. The Bertz CT molecular complexity index is 688. The molecule has 2 aromatic rings. The Balaban J connectivity index is 2.55. The predicted octanol–water partition coefficient (Wildman–Crippen LogP) is 1.97. The molecule has 0 aliphatic rings. The Morgan fingerprint density at radius 3 is 2.14 bits per heavy atom. The van der Waals surface area contributed by atoms with E-state index in [1.165, 1.54) is 51.0 Å². The first-order valence-electron chi connectivity index (χ1n) is 5.74. The average Bonchev–Trinajstić information content (AvgIpc) is 2.97. The molecule has 0 saturated heterocycles. The van der Waals surface area contributed by atoms with Gasteiger partial charge in [0.1, 0.15) is 17.2 Å². The van der Waals surface area contributed by atoms with E-state index in [1.54, 1.807) is 5.38 Å². The summed E-state index contributed by atoms with van der Waals surface area (Å²) in [6, 6.07) is 2.94. The van der Waals surface area contributed by atoms with Crippen molar-refractivity contribution in [1.29, 1.82) is 0 Å². The van der Waals surface area contributed by atoms with Crippen molar-refractivity contribution in [3.05, 3.63) is 23.7 Å². The van der Waals surface area contributed by atoms with E-state index in [4.69, 9.17) is 14.2 Å². The van der Waals surface area contributed by atoms with Crippen LogP contribution in [0.2, 0.25) is 0 Å². The highest BCUT2D eigenvalue weighted by Gasteiger charge is 2.27. The lowest BCUT2D eigenvalue weighted by molar-refractivity contribution is 0.359. The second kappa shape index (κ2) is 6.19. The monoisotopic (exact) mass is 330 g/mol. The van der Waals surface area contributed by atoms with Crippen LogP contribution in [-0.2, 0) is 10.0 Å². The molecule has 0 spiro atoms. The van der Waals surface area contributed by atoms with Crippen molar-refractivity contribution in [2.45, 2.75) is 4.90 Å². The first-order valence-corrected chi connectivity index (χ1v) is 8.10. The lowest BCUT2D eigenvalue weighted by Crippen LogP contribution is -2.15. The second-order valence-electron chi connectivity index (χ2n) is 3.80. The third-order valence-corrected chi connectivity index (χ3v) is 4.81. The van der Waals surface area contributed by atoms with E-state index < -0.39 is 10.0 Å². The molecule has 1 aromatic heterocycles. The molecule has 7 nitrogen and oxygen atoms in total. The van der Waals surface area contributed by atoms with Gasteiger partial charge < -0.3 is 14.2 Å². The van der Waals surface area contributed by atoms with Crippen molar-refractivity contribution in [2.24, 2.45) is 0 Å². The van der Waals surface area contributed by atoms with Gasteiger partial charge in [-0.1, -0.05) is 0 Å². The Morgan fingerprint density at radius 1 is 1.10 bits per heavy atom. The summed E-state index contributed by atoms with van der Waals surface area (Å²) < 4.78 is 42.8. The van der Waals surface area contributed by atoms with Gasteiger partial charge in [0.25, 0.3) is 10.0 Å². The SMILES string of the molecule is COc1cc(OC)c(S(=O)(=O)Nc2nccs2)c(OC)c1. The van der Waals surface area contributed by atoms with Gasteiger partial charge in [-0.15, -0.1) is 11.3 Å². The molecule has 1 aromatic carbocycles. The van der Waals surface area contributed by atoms with Crippen LogP contribution < -0.4 is 18.9 Å². The minimum atomic E-state index is -3.90. The van der Waals surface area contributed by atoms with Gasteiger partial charge in [0.15, 0.2) is 10.0 Å². The summed E-state index contributed by atoms with van der Waals surface area (Å²) in [4.78, 5) is 3.79. The predicted molar refractivity (Wildman–Crippen MR) is 79.0 cm³/mol. The van der Waals surface area contributed by atoms with E-state index in [2.05, 4.69) is 9.71 Å². The normalized spacial score (nSPS) is 11.0. The molecule has 9 heteroatoms. The summed E-state index contributed by atoms with van der Waals surface area (Å²) in [5.41, 5.74) is 0. The summed E-state index contributed by atoms with van der Waals surface area (Å²) >= 11 is 1.17. The molecule has 1 N–H and O–H groups in total. The first kappa shape index (κ1) is 15.4. The average molecular weight is 330 g/mol. The van der Waals surface area contributed by atoms with Crippen LogP contribution in [-0.4, -0.2) is 34.7 Å². The second-order valence-corrected chi connectivity index (χ2v) is 6.32. The molecule has 21 heavy (non-hydrogen) atoms. The van der Waals surface area contributed by atoms with E-state index in [9.17, 15) is 8.42 Å². The van der Waals surface area contributed by atoms with E-state index in [0.29, 0.717) is 5.75 Å². The maximum atomic E-state index is 12.5. The van der Waals surface area contributed by atoms with Gasteiger partial charge in [-0.2, -0.15) is 0 Å². The largest absolute Gasteiger partial charge is 0.496 e. The number of anilines is 1. The van der Waals surface area contributed by atoms with Crippen molar-refractivity contribution in [3.8, 4) is 17.2 Å². The summed E-state index contributed by atoms with van der Waals surface area (Å²) in [6.45, 7) is 0. The lowest BCUT2D eigenvalue weighted by Gasteiger charge is -2.15. The van der Waals surface area contributed by atoms with Gasteiger partial charge in [-0.3, -0.25) is 4.72 Å². The van der Waals surface area contributed by atoms with Crippen LogP contribution in [0.15, 0.2) is 28.6 Å². The van der Waals surface area contributed by atoms with E-state index in [0.717, 1.165) is 0 Å². The number of hydrogen-bond acceptors (Lipinski definition) is 7. The van der Waals surface area contributed by atoms with Crippen molar-refractivity contribution in [3.63, 3.8) is 0 Å². The molecular weight excluding hydrogens is 316 g/mol. The highest BCUT2D eigenvalue weighted by atomic mass is 32.2. The molecule has 0 amide bonds. The van der Waals surface area contributed by atoms with Gasteiger partial charge in [-0.05, 0) is 0 Å². The van der Waals surface area contributed by atoms with Crippen LogP contribution >= 0.6 is 11.3 Å². The van der Waals surface area contributed by atoms with Crippen LogP contribution in [0.5, 0.6) is 17.2 Å². The summed E-state index contributed by atoms with van der Waals surface area (Å²) in [6.07, 6.45) is 1.50. The molecule has 0 unspecified atom stereocenters. The molecule has 0 fully saturated rings. The molecule has 0 aliphatic carbocycles. The zero-order valence-electron chi connectivity index (χ0n) is 11.6. The summed E-state index contributed by atoms with van der Waals surface area (Å²) in [5.74, 6) is 0.669. The van der Waals surface area contributed by atoms with Crippen LogP contribution in [0.1, 0.15) is 0 Å². The van der Waals surface area contributed by atoms with Crippen molar-refractivity contribution < 1.29 is 22.6 Å². The minimum Gasteiger partial charge on any atom is -0.496 e. The topological polar surface area (TPSA) is 86.8 Å². The number of benzene rings is 1. The number of nitrogens with one attached hydrogen (secondary N) is 1. The Kier molecular flexibility index (Phi) is 4.53. The number of ether oxygens (including phenoxy) is 3. The number of thiazole rings is 1. The van der Waals surface area contributed by atoms with Gasteiger partial charge in [0.2, 0.25) is 0 Å². The van der Waals surface area contributed by atoms with Crippen LogP contribution in [0, 0.1) is 0 Å². The molecule has 0 atom stereocenters. The third kappa shape index (κ3) is 3.19. The van der Waals surface area contributed by atoms with Crippen molar-refractivity contribution in [1.82, 2.24) is 4.98 Å². The third-order valence-electron chi connectivity index (χ3n) is 2.59. The maximum absolute atomic E-state index is 12.5. The molecular formula is C12H14N2O5S2. The fraction of sp³-hybridized carbons (Fsp3) is 0.250. The summed E-state index contributed by atoms with van der Waals surface area (Å²) in [7, 11) is 0.310. The van der Waals surface area contributed by atoms with E-state index >= 15 is 0 Å². The molecule has 0 bridgehead atoms. The standard InChI is InChI=1S/C12H14N2O5S2/c1-17-8-6-9(18-2)11(10(7-8)19-3)21(15,16)14-12-13-4-5-20-12/h4-7H,1-3H3,(H,13,14). The Morgan fingerprint density at radius 2 is 1.71 bits per heavy atom. The summed E-state index contributed by atoms with van der Waals surface area (Å²) in [5, 5.41) is 1.93. The molecule has 0 aliphatic heterocycles. The number of hydrogen-bond donors (Lipinski definition) is 1. The van der Waals surface area contributed by atoms with Crippen LogP contribution in [0.3, 0.4) is 0 Å². The van der Waals surface area contributed by atoms with Gasteiger partial charge in [0.05, 0.1) is 21.3 Å². The van der Waals surface area contributed by atoms with Gasteiger partial charge >= 0.3 is 0 Å². The van der Waals surface area contributed by atoms with Crippen LogP contribution in [0.25, 0.3) is 0 Å². The fourth-order valence-corrected chi connectivity index (χ4v) is 3.77. The molecule has 2 rings (SSSR count). The first-order chi connectivity index (χ1) is 10.0. The van der Waals surface area contributed by atoms with Gasteiger partial charge in [0, 0.05) is 23.7 Å². The molecule has 1 heterocycles. The van der Waals surface area contributed by atoms with Crippen molar-refractivity contribution in [2.75, 3.05) is 26.1 Å². The number of aromatic nitrogens is 1. The van der Waals surface area contributed by atoms with Crippen LogP contribution in [0.4, 0.5) is 5.13 Å². The highest BCUT2D eigenvalue weighted by molar-refractivity contribution is 7.93. The molecule has 0 radical (unpaired) electrons. The fourth-order valence-electron chi connectivity index (χ4n) is 1.68. The van der Waals surface area contributed by atoms with Gasteiger partial charge in [-0.25, -0.2) is 13.4 Å². The minimum absolute atomic E-state index is 0.108. The lowest BCUT2D eigenvalue weighted by atomic mass is 10.3. The van der Waals surface area contributed by atoms with E-state index in [-0.39, 0.29) is 21.5 Å². The molecule has 114 valence electrons. The maximum Gasteiger partial charge on any atom is 0.271 e. The number of nitrogens with zero attached hydrogens (tertiary/aromatic N) is 1. The highest BCUT2D eigenvalue weighted by Crippen LogP contribution is 2.38.